The molecule has 2 heterocycles. The van der Waals surface area contributed by atoms with Crippen LogP contribution in [0.2, 0.25) is 0 Å². The number of nitrogens with one attached hydrogen (secondary N) is 3. The molecule has 3 aliphatic rings. The zero-order valence-corrected chi connectivity index (χ0v) is 21.2. The van der Waals surface area contributed by atoms with Crippen LogP contribution in [0.5, 0.6) is 0 Å². The maximum atomic E-state index is 13.4. The first-order valence-corrected chi connectivity index (χ1v) is 13.8. The van der Waals surface area contributed by atoms with E-state index in [0.717, 1.165) is 44.6 Å². The van der Waals surface area contributed by atoms with Crippen LogP contribution < -0.4 is 16.2 Å². The van der Waals surface area contributed by atoms with Gasteiger partial charge in [-0.25, -0.2) is 9.82 Å². The fourth-order valence-corrected chi connectivity index (χ4v) is 6.82. The maximum absolute atomic E-state index is 13.4. The number of hydrogen-bond donors (Lipinski definition) is 3. The van der Waals surface area contributed by atoms with Crippen LogP contribution in [0, 0.1) is 11.7 Å². The number of hydrazine groups is 1. The van der Waals surface area contributed by atoms with E-state index in [-0.39, 0.29) is 35.3 Å². The van der Waals surface area contributed by atoms with Crippen molar-refractivity contribution in [3.05, 3.63) is 71.0 Å². The minimum atomic E-state index is -0.204. The van der Waals surface area contributed by atoms with Crippen molar-refractivity contribution in [3.63, 3.8) is 0 Å². The highest BCUT2D eigenvalue weighted by atomic mass is 32.2. The third-order valence-corrected chi connectivity index (χ3v) is 8.64. The summed E-state index contributed by atoms with van der Waals surface area (Å²) in [6, 6.07) is 15.4. The third kappa shape index (κ3) is 4.74. The van der Waals surface area contributed by atoms with E-state index in [0.29, 0.717) is 11.7 Å². The molecule has 0 bridgehead atoms. The summed E-state index contributed by atoms with van der Waals surface area (Å²) in [6.45, 7) is 3.82. The average molecular weight is 499 g/mol. The summed E-state index contributed by atoms with van der Waals surface area (Å²) >= 11 is 1.54. The van der Waals surface area contributed by atoms with E-state index in [1.807, 2.05) is 18.4 Å². The predicted molar refractivity (Wildman–Crippen MR) is 138 cm³/mol. The van der Waals surface area contributed by atoms with E-state index in [4.69, 9.17) is 4.74 Å². The standard InChI is InChI=1S/C27H35FN4O2S/c1-34-26-25(30-23(33)17-35-2)21-5-3-4-6-22(21)27(26)11-13-32(14-12-27)16-19-15-29-31-24(19)18-7-9-20(28)10-8-18/h3-10,19,24-26,29,31H,11-17H2,1-2H3,(H,30,33)/t19?,24?,25-,26+/m0/s1. The highest BCUT2D eigenvalue weighted by Gasteiger charge is 2.54. The Hall–Kier alpha value is -1.97. The monoisotopic (exact) mass is 498 g/mol. The lowest BCUT2D eigenvalue weighted by Gasteiger charge is -2.44. The van der Waals surface area contributed by atoms with Crippen molar-refractivity contribution in [2.75, 3.05) is 45.3 Å². The predicted octanol–water partition coefficient (Wildman–Crippen LogP) is 3.17. The first-order chi connectivity index (χ1) is 17.1. The average Bonchev–Trinajstić information content (AvgIpc) is 3.42. The number of likely N-dealkylation sites (tertiary alicyclic amines) is 1. The van der Waals surface area contributed by atoms with Gasteiger partial charge < -0.3 is 15.0 Å². The van der Waals surface area contributed by atoms with E-state index in [2.05, 4.69) is 45.3 Å². The van der Waals surface area contributed by atoms with Crippen molar-refractivity contribution in [2.24, 2.45) is 5.92 Å². The molecule has 4 atom stereocenters. The number of methoxy groups -OCH3 is 1. The van der Waals surface area contributed by atoms with Gasteiger partial charge in [-0.3, -0.25) is 10.2 Å². The number of piperidine rings is 1. The highest BCUT2D eigenvalue weighted by Crippen LogP contribution is 2.52. The quantitative estimate of drug-likeness (QED) is 0.545. The van der Waals surface area contributed by atoms with Crippen molar-refractivity contribution in [2.45, 2.75) is 36.4 Å². The number of halogens is 1. The second-order valence-electron chi connectivity index (χ2n) is 9.99. The zero-order valence-electron chi connectivity index (χ0n) is 20.4. The number of nitrogens with zero attached hydrogens (tertiary/aromatic N) is 1. The number of fused-ring (bicyclic) bond motifs is 2. The number of rotatable bonds is 7. The topological polar surface area (TPSA) is 65.6 Å². The van der Waals surface area contributed by atoms with Crippen LogP contribution >= 0.6 is 11.8 Å². The summed E-state index contributed by atoms with van der Waals surface area (Å²) in [7, 11) is 1.78. The molecule has 8 heteroatoms. The number of hydrogen-bond acceptors (Lipinski definition) is 6. The van der Waals surface area contributed by atoms with Crippen molar-refractivity contribution >= 4 is 17.7 Å². The zero-order chi connectivity index (χ0) is 24.4. The molecule has 2 aliphatic heterocycles. The maximum Gasteiger partial charge on any atom is 0.230 e. The molecule has 2 unspecified atom stereocenters. The molecule has 6 nitrogen and oxygen atoms in total. The normalized spacial score (nSPS) is 27.7. The van der Waals surface area contributed by atoms with Gasteiger partial charge in [0, 0.05) is 31.5 Å². The molecule has 1 amide bonds. The minimum absolute atomic E-state index is 0.0573. The molecule has 2 aromatic rings. The van der Waals surface area contributed by atoms with E-state index < -0.39 is 0 Å². The molecule has 2 saturated heterocycles. The Morgan fingerprint density at radius 2 is 1.94 bits per heavy atom. The Balaban J connectivity index is 1.30. The summed E-state index contributed by atoms with van der Waals surface area (Å²) in [5.74, 6) is 0.711. The SMILES string of the molecule is CO[C@@H]1[C@@H](NC(=O)CSC)c2ccccc2C12CCN(CC1CNNC1c1ccc(F)cc1)CC2. The molecule has 2 fully saturated rings. The Kier molecular flexibility index (Phi) is 7.46. The molecule has 0 saturated carbocycles. The van der Waals surface area contributed by atoms with Crippen molar-refractivity contribution < 1.29 is 13.9 Å². The number of amides is 1. The lowest BCUT2D eigenvalue weighted by molar-refractivity contribution is -0.121. The molecule has 188 valence electrons. The summed E-state index contributed by atoms with van der Waals surface area (Å²) in [5, 5.41) is 3.26. The van der Waals surface area contributed by atoms with Crippen LogP contribution in [0.25, 0.3) is 0 Å². The van der Waals surface area contributed by atoms with Crippen molar-refractivity contribution in [1.29, 1.82) is 0 Å². The van der Waals surface area contributed by atoms with E-state index in [9.17, 15) is 9.18 Å². The van der Waals surface area contributed by atoms with Crippen LogP contribution in [0.4, 0.5) is 4.39 Å². The fraction of sp³-hybridized carbons (Fsp3) is 0.519. The van der Waals surface area contributed by atoms with Crippen LogP contribution in [-0.2, 0) is 14.9 Å². The summed E-state index contributed by atoms with van der Waals surface area (Å²) < 4.78 is 19.6. The third-order valence-electron chi connectivity index (χ3n) is 8.09. The number of ether oxygens (including phenoxy) is 1. The molecule has 3 N–H and O–H groups in total. The van der Waals surface area contributed by atoms with Gasteiger partial charge in [-0.1, -0.05) is 36.4 Å². The molecule has 1 spiro atoms. The fourth-order valence-electron chi connectivity index (χ4n) is 6.47. The van der Waals surface area contributed by atoms with Gasteiger partial charge >= 0.3 is 0 Å². The van der Waals surface area contributed by atoms with Gasteiger partial charge in [-0.2, -0.15) is 11.8 Å². The van der Waals surface area contributed by atoms with Crippen LogP contribution in [-0.4, -0.2) is 62.2 Å². The largest absolute Gasteiger partial charge is 0.378 e. The highest BCUT2D eigenvalue weighted by molar-refractivity contribution is 7.99. The first-order valence-electron chi connectivity index (χ1n) is 12.4. The summed E-state index contributed by atoms with van der Waals surface area (Å²) in [4.78, 5) is 15.1. The van der Waals surface area contributed by atoms with Crippen LogP contribution in [0.3, 0.4) is 0 Å². The molecular formula is C27H35FN4O2S. The molecule has 35 heavy (non-hydrogen) atoms. The Morgan fingerprint density at radius 3 is 2.66 bits per heavy atom. The van der Waals surface area contributed by atoms with Crippen molar-refractivity contribution in [3.8, 4) is 0 Å². The second kappa shape index (κ2) is 10.6. The first kappa shape index (κ1) is 24.7. The van der Waals surface area contributed by atoms with Gasteiger partial charge in [0.1, 0.15) is 5.82 Å². The minimum Gasteiger partial charge on any atom is -0.378 e. The molecule has 0 aromatic heterocycles. The number of benzene rings is 2. The second-order valence-corrected chi connectivity index (χ2v) is 10.9. The lowest BCUT2D eigenvalue weighted by Crippen LogP contribution is -2.51. The van der Waals surface area contributed by atoms with Gasteiger partial charge in [0.15, 0.2) is 0 Å². The van der Waals surface area contributed by atoms with Gasteiger partial charge in [0.2, 0.25) is 5.91 Å². The van der Waals surface area contributed by atoms with Crippen LogP contribution in [0.15, 0.2) is 48.5 Å². The van der Waals surface area contributed by atoms with Crippen LogP contribution in [0.1, 0.15) is 41.6 Å². The molecule has 1 aliphatic carbocycles. The van der Waals surface area contributed by atoms with Gasteiger partial charge in [0.25, 0.3) is 0 Å². The Labute approximate surface area is 211 Å². The molecule has 5 rings (SSSR count). The number of thioether (sulfide) groups is 1. The van der Waals surface area contributed by atoms with Gasteiger partial charge in [-0.15, -0.1) is 0 Å². The number of carbonyl (C=O) groups excluding carboxylic acids is 1. The Morgan fingerprint density at radius 1 is 1.20 bits per heavy atom. The summed E-state index contributed by atoms with van der Waals surface area (Å²) in [6.07, 6.45) is 3.86. The van der Waals surface area contributed by atoms with E-state index >= 15 is 0 Å². The lowest BCUT2D eigenvalue weighted by atomic mass is 9.71. The molecule has 0 radical (unpaired) electrons. The smallest absolute Gasteiger partial charge is 0.230 e. The molecule has 2 aromatic carbocycles. The number of carbonyl (C=O) groups is 1. The van der Waals surface area contributed by atoms with E-state index in [1.54, 1.807) is 7.11 Å². The van der Waals surface area contributed by atoms with Crippen molar-refractivity contribution in [1.82, 2.24) is 21.1 Å². The summed E-state index contributed by atoms with van der Waals surface area (Å²) in [5.41, 5.74) is 10.2. The van der Waals surface area contributed by atoms with Gasteiger partial charge in [0.05, 0.1) is 23.9 Å². The Bertz CT molecular complexity index is 1030. The van der Waals surface area contributed by atoms with Gasteiger partial charge in [-0.05, 0) is 61.0 Å². The van der Waals surface area contributed by atoms with E-state index in [1.165, 1.54) is 35.0 Å². The molecular weight excluding hydrogens is 463 g/mol.